The summed E-state index contributed by atoms with van der Waals surface area (Å²) in [4.78, 5) is 6.32. The highest BCUT2D eigenvalue weighted by atomic mass is 15.1. The standard InChI is InChI=1S/C10H15N3/c1-13(2)9-4-3-8(7-12-9)10(11)5-6-10/h3-4,7H,5-6,11H2,1-2H3. The summed E-state index contributed by atoms with van der Waals surface area (Å²) in [7, 11) is 3.97. The van der Waals surface area contributed by atoms with Gasteiger partial charge in [-0.15, -0.1) is 0 Å². The van der Waals surface area contributed by atoms with Crippen LogP contribution < -0.4 is 10.6 Å². The van der Waals surface area contributed by atoms with E-state index in [1.807, 2.05) is 31.3 Å². The molecule has 3 heteroatoms. The third kappa shape index (κ3) is 1.52. The molecule has 2 N–H and O–H groups in total. The Morgan fingerprint density at radius 1 is 1.38 bits per heavy atom. The summed E-state index contributed by atoms with van der Waals surface area (Å²) in [6.45, 7) is 0. The molecule has 0 atom stereocenters. The third-order valence-corrected chi connectivity index (χ3v) is 2.57. The van der Waals surface area contributed by atoms with Crippen molar-refractivity contribution in [2.24, 2.45) is 5.73 Å². The van der Waals surface area contributed by atoms with Gasteiger partial charge in [0.25, 0.3) is 0 Å². The average Bonchev–Trinajstić information content (AvgIpc) is 2.85. The predicted octanol–water partition coefficient (Wildman–Crippen LogP) is 1.10. The first-order chi connectivity index (χ1) is 6.12. The Bertz CT molecular complexity index is 298. The lowest BCUT2D eigenvalue weighted by Gasteiger charge is -2.13. The van der Waals surface area contributed by atoms with Crippen LogP contribution in [0, 0.1) is 0 Å². The van der Waals surface area contributed by atoms with Crippen molar-refractivity contribution in [3.05, 3.63) is 23.9 Å². The highest BCUT2D eigenvalue weighted by Crippen LogP contribution is 2.42. The number of hydrogen-bond acceptors (Lipinski definition) is 3. The minimum Gasteiger partial charge on any atom is -0.363 e. The zero-order chi connectivity index (χ0) is 9.47. The zero-order valence-corrected chi connectivity index (χ0v) is 8.12. The molecule has 0 saturated heterocycles. The molecule has 0 radical (unpaired) electrons. The summed E-state index contributed by atoms with van der Waals surface area (Å²) in [6.07, 6.45) is 4.08. The topological polar surface area (TPSA) is 42.1 Å². The van der Waals surface area contributed by atoms with Crippen LogP contribution in [0.25, 0.3) is 0 Å². The summed E-state index contributed by atoms with van der Waals surface area (Å²) < 4.78 is 0. The molecule has 0 amide bonds. The van der Waals surface area contributed by atoms with Crippen molar-refractivity contribution in [1.29, 1.82) is 0 Å². The maximum Gasteiger partial charge on any atom is 0.127 e. The van der Waals surface area contributed by atoms with Crippen LogP contribution in [0.15, 0.2) is 18.3 Å². The Labute approximate surface area is 78.6 Å². The third-order valence-electron chi connectivity index (χ3n) is 2.57. The van der Waals surface area contributed by atoms with Gasteiger partial charge >= 0.3 is 0 Å². The van der Waals surface area contributed by atoms with E-state index in [2.05, 4.69) is 11.1 Å². The van der Waals surface area contributed by atoms with Gasteiger partial charge in [-0.05, 0) is 24.5 Å². The molecule has 0 bridgehead atoms. The Morgan fingerprint density at radius 2 is 2.08 bits per heavy atom. The molecule has 1 aliphatic rings. The van der Waals surface area contributed by atoms with Crippen LogP contribution in [0.2, 0.25) is 0 Å². The van der Waals surface area contributed by atoms with Gasteiger partial charge in [-0.1, -0.05) is 6.07 Å². The second kappa shape index (κ2) is 2.70. The molecule has 0 aliphatic heterocycles. The number of anilines is 1. The van der Waals surface area contributed by atoms with Gasteiger partial charge in [-0.2, -0.15) is 0 Å². The highest BCUT2D eigenvalue weighted by molar-refractivity contribution is 5.39. The van der Waals surface area contributed by atoms with Gasteiger partial charge < -0.3 is 10.6 Å². The maximum atomic E-state index is 6.04. The van der Waals surface area contributed by atoms with Crippen LogP contribution in [-0.4, -0.2) is 19.1 Å². The minimum absolute atomic E-state index is 0.0577. The van der Waals surface area contributed by atoms with Gasteiger partial charge in [-0.25, -0.2) is 4.98 Å². The Morgan fingerprint density at radius 3 is 2.46 bits per heavy atom. The van der Waals surface area contributed by atoms with Crippen LogP contribution in [-0.2, 0) is 5.54 Å². The van der Waals surface area contributed by atoms with Crippen LogP contribution in [0.5, 0.6) is 0 Å². The van der Waals surface area contributed by atoms with E-state index in [9.17, 15) is 0 Å². The van der Waals surface area contributed by atoms with Crippen LogP contribution in [0.4, 0.5) is 5.82 Å². The molecule has 3 nitrogen and oxygen atoms in total. The molecule has 0 spiro atoms. The lowest BCUT2D eigenvalue weighted by molar-refractivity contribution is 0.734. The second-order valence-electron chi connectivity index (χ2n) is 3.96. The minimum atomic E-state index is -0.0577. The first-order valence-electron chi connectivity index (χ1n) is 4.54. The summed E-state index contributed by atoms with van der Waals surface area (Å²) in [5.41, 5.74) is 7.15. The highest BCUT2D eigenvalue weighted by Gasteiger charge is 2.40. The molecule has 0 unspecified atom stereocenters. The van der Waals surface area contributed by atoms with Crippen LogP contribution >= 0.6 is 0 Å². The first-order valence-corrected chi connectivity index (χ1v) is 4.54. The average molecular weight is 177 g/mol. The molecular weight excluding hydrogens is 162 g/mol. The van der Waals surface area contributed by atoms with Crippen molar-refractivity contribution in [2.75, 3.05) is 19.0 Å². The SMILES string of the molecule is CN(C)c1ccc(C2(N)CC2)cn1. The molecule has 1 saturated carbocycles. The Hall–Kier alpha value is -1.09. The van der Waals surface area contributed by atoms with Crippen molar-refractivity contribution in [3.8, 4) is 0 Å². The summed E-state index contributed by atoms with van der Waals surface area (Å²) >= 11 is 0. The molecule has 1 aromatic heterocycles. The maximum absolute atomic E-state index is 6.04. The van der Waals surface area contributed by atoms with Crippen molar-refractivity contribution in [1.82, 2.24) is 4.98 Å². The Kier molecular flexibility index (Phi) is 1.77. The Balaban J connectivity index is 2.24. The largest absolute Gasteiger partial charge is 0.363 e. The molecule has 70 valence electrons. The fraction of sp³-hybridized carbons (Fsp3) is 0.500. The first kappa shape index (κ1) is 8.51. The number of nitrogens with two attached hydrogens (primary N) is 1. The van der Waals surface area contributed by atoms with Gasteiger partial charge in [0.05, 0.1) is 0 Å². The lowest BCUT2D eigenvalue weighted by atomic mass is 10.1. The molecular formula is C10H15N3. The smallest absolute Gasteiger partial charge is 0.127 e. The summed E-state index contributed by atoms with van der Waals surface area (Å²) in [5, 5.41) is 0. The van der Waals surface area contributed by atoms with E-state index < -0.39 is 0 Å². The lowest BCUT2D eigenvalue weighted by Crippen LogP contribution is -2.19. The van der Waals surface area contributed by atoms with Crippen LogP contribution in [0.1, 0.15) is 18.4 Å². The number of rotatable bonds is 2. The number of hydrogen-bond donors (Lipinski definition) is 1. The summed E-state index contributed by atoms with van der Waals surface area (Å²) in [6, 6.07) is 4.09. The van der Waals surface area contributed by atoms with Gasteiger partial charge in [0, 0.05) is 25.8 Å². The second-order valence-corrected chi connectivity index (χ2v) is 3.96. The van der Waals surface area contributed by atoms with E-state index in [1.54, 1.807) is 0 Å². The van der Waals surface area contributed by atoms with E-state index in [1.165, 1.54) is 0 Å². The van der Waals surface area contributed by atoms with Gasteiger partial charge in [0.1, 0.15) is 5.82 Å². The van der Waals surface area contributed by atoms with E-state index >= 15 is 0 Å². The molecule has 1 aliphatic carbocycles. The molecule has 1 aromatic rings. The summed E-state index contributed by atoms with van der Waals surface area (Å²) in [5.74, 6) is 0.980. The van der Waals surface area contributed by atoms with Gasteiger partial charge in [-0.3, -0.25) is 0 Å². The molecule has 13 heavy (non-hydrogen) atoms. The quantitative estimate of drug-likeness (QED) is 0.735. The number of nitrogens with zero attached hydrogens (tertiary/aromatic N) is 2. The van der Waals surface area contributed by atoms with Crippen molar-refractivity contribution in [2.45, 2.75) is 18.4 Å². The van der Waals surface area contributed by atoms with E-state index in [0.29, 0.717) is 0 Å². The van der Waals surface area contributed by atoms with Crippen molar-refractivity contribution in [3.63, 3.8) is 0 Å². The van der Waals surface area contributed by atoms with Crippen molar-refractivity contribution < 1.29 is 0 Å². The zero-order valence-electron chi connectivity index (χ0n) is 8.12. The van der Waals surface area contributed by atoms with E-state index in [4.69, 9.17) is 5.73 Å². The van der Waals surface area contributed by atoms with Gasteiger partial charge in [0.2, 0.25) is 0 Å². The number of aromatic nitrogens is 1. The predicted molar refractivity (Wildman–Crippen MR) is 53.7 cm³/mol. The molecule has 0 aromatic carbocycles. The van der Waals surface area contributed by atoms with Crippen molar-refractivity contribution >= 4 is 5.82 Å². The van der Waals surface area contributed by atoms with Crippen LogP contribution in [0.3, 0.4) is 0 Å². The molecule has 1 heterocycles. The van der Waals surface area contributed by atoms with E-state index in [-0.39, 0.29) is 5.54 Å². The molecule has 1 fully saturated rings. The monoisotopic (exact) mass is 177 g/mol. The fourth-order valence-corrected chi connectivity index (χ4v) is 1.37. The molecule has 2 rings (SSSR count). The fourth-order valence-electron chi connectivity index (χ4n) is 1.37. The normalized spacial score (nSPS) is 18.4. The number of pyridine rings is 1. The van der Waals surface area contributed by atoms with E-state index in [0.717, 1.165) is 24.2 Å². The van der Waals surface area contributed by atoms with Gasteiger partial charge in [0.15, 0.2) is 0 Å².